The summed E-state index contributed by atoms with van der Waals surface area (Å²) in [5.74, 6) is 0.0816. The molecule has 1 aliphatic heterocycles. The van der Waals surface area contributed by atoms with Gasteiger partial charge in [0, 0.05) is 6.20 Å². The monoisotopic (exact) mass is 192 g/mol. The number of aromatic nitrogens is 1. The first kappa shape index (κ1) is 8.39. The van der Waals surface area contributed by atoms with E-state index in [1.54, 1.807) is 12.4 Å². The Balaban J connectivity index is 2.64. The third kappa shape index (κ3) is 1.47. The lowest BCUT2D eigenvalue weighted by molar-refractivity contribution is 0.0996. The Morgan fingerprint density at radius 2 is 2.38 bits per heavy atom. The third-order valence-corrected chi connectivity index (χ3v) is 2.37. The predicted molar refractivity (Wildman–Crippen MR) is 54.9 cm³/mol. The molecule has 0 saturated carbocycles. The molecule has 0 saturated heterocycles. The van der Waals surface area contributed by atoms with Crippen molar-refractivity contribution < 1.29 is 4.79 Å². The Morgan fingerprint density at radius 3 is 3.23 bits per heavy atom. The highest BCUT2D eigenvalue weighted by Crippen LogP contribution is 2.11. The fourth-order valence-corrected chi connectivity index (χ4v) is 1.74. The van der Waals surface area contributed by atoms with Crippen LogP contribution in [0.2, 0.25) is 0 Å². The second kappa shape index (κ2) is 3.27. The predicted octanol–water partition coefficient (Wildman–Crippen LogP) is 0.339. The van der Waals surface area contributed by atoms with Gasteiger partial charge >= 0.3 is 0 Å². The average Bonchev–Trinajstić information content (AvgIpc) is 2.29. The molecule has 0 spiro atoms. The van der Waals surface area contributed by atoms with Crippen LogP contribution in [0.1, 0.15) is 15.9 Å². The van der Waals surface area contributed by atoms with E-state index < -0.39 is 0 Å². The maximum atomic E-state index is 11.6. The van der Waals surface area contributed by atoms with Crippen molar-refractivity contribution in [3.63, 3.8) is 0 Å². The van der Waals surface area contributed by atoms with E-state index in [2.05, 4.69) is 19.5 Å². The molecule has 3 nitrogen and oxygen atoms in total. The van der Waals surface area contributed by atoms with Crippen LogP contribution in [0.4, 0.5) is 0 Å². The number of rotatable bonds is 0. The summed E-state index contributed by atoms with van der Waals surface area (Å²) in [5, 5.41) is 2.90. The molecule has 1 aromatic rings. The molecule has 0 fully saturated rings. The van der Waals surface area contributed by atoms with E-state index in [9.17, 15) is 4.79 Å². The smallest absolute Gasteiger partial charge is 0.184 e. The molecule has 1 N–H and O–H groups in total. The number of pyridine rings is 1. The Bertz CT molecular complexity index is 387. The molecule has 2 heterocycles. The second-order valence-corrected chi connectivity index (χ2v) is 3.34. The van der Waals surface area contributed by atoms with Gasteiger partial charge in [0.25, 0.3) is 0 Å². The highest BCUT2D eigenvalue weighted by molar-refractivity contribution is 7.27. The van der Waals surface area contributed by atoms with Gasteiger partial charge in [-0.05, 0) is 23.9 Å². The van der Waals surface area contributed by atoms with Crippen LogP contribution in [0.3, 0.4) is 0 Å². The number of hydrogen-bond donors (Lipinski definition) is 1. The van der Waals surface area contributed by atoms with Crippen molar-refractivity contribution in [2.24, 2.45) is 0 Å². The molecular formula is C9H9N2OP. The lowest BCUT2D eigenvalue weighted by atomic mass is 10.1. The molecule has 0 bridgehead atoms. The Hall–Kier alpha value is -1.21. The molecule has 0 aromatic carbocycles. The third-order valence-electron chi connectivity index (χ3n) is 1.93. The van der Waals surface area contributed by atoms with Gasteiger partial charge < -0.3 is 5.32 Å². The van der Waals surface area contributed by atoms with Gasteiger partial charge in [-0.25, -0.2) is 0 Å². The quantitative estimate of drug-likeness (QED) is 0.602. The maximum Gasteiger partial charge on any atom is 0.184 e. The van der Waals surface area contributed by atoms with Crippen LogP contribution in [-0.2, 0) is 0 Å². The number of Topliss-reactive ketones (excluding diaryl/α,β-unsaturated/α-hetero) is 1. The van der Waals surface area contributed by atoms with Gasteiger partial charge in [-0.1, -0.05) is 9.24 Å². The van der Waals surface area contributed by atoms with E-state index in [1.807, 2.05) is 12.1 Å². The molecular weight excluding hydrogens is 183 g/mol. The lowest BCUT2D eigenvalue weighted by Gasteiger charge is -2.04. The van der Waals surface area contributed by atoms with Gasteiger partial charge in [0.1, 0.15) is 0 Å². The second-order valence-electron chi connectivity index (χ2n) is 2.80. The number of nitrogens with one attached hydrogen (secondary N) is 1. The topological polar surface area (TPSA) is 42.0 Å². The number of nitrogens with zero attached hydrogens (tertiary/aromatic N) is 1. The SMILES string of the molecule is O=C1CNC=Cc2ccnc(P)c21. The molecule has 0 aliphatic carbocycles. The van der Waals surface area contributed by atoms with Crippen molar-refractivity contribution in [2.45, 2.75) is 0 Å². The molecule has 0 radical (unpaired) electrons. The molecule has 4 heteroatoms. The van der Waals surface area contributed by atoms with Crippen LogP contribution in [0, 0.1) is 0 Å². The zero-order valence-electron chi connectivity index (χ0n) is 6.95. The summed E-state index contributed by atoms with van der Waals surface area (Å²) in [6.45, 7) is 0.344. The van der Waals surface area contributed by atoms with E-state index in [1.165, 1.54) is 0 Å². The number of hydrogen-bond acceptors (Lipinski definition) is 3. The van der Waals surface area contributed by atoms with Crippen molar-refractivity contribution >= 4 is 26.5 Å². The van der Waals surface area contributed by atoms with Gasteiger partial charge in [0.2, 0.25) is 0 Å². The number of fused-ring (bicyclic) bond motifs is 1. The molecule has 66 valence electrons. The summed E-state index contributed by atoms with van der Waals surface area (Å²) in [5.41, 5.74) is 2.35. The molecule has 0 amide bonds. The van der Waals surface area contributed by atoms with Crippen molar-refractivity contribution in [3.05, 3.63) is 29.6 Å². The highest BCUT2D eigenvalue weighted by atomic mass is 31.0. The summed E-state index contributed by atoms with van der Waals surface area (Å²) >= 11 is 0. The fourth-order valence-electron chi connectivity index (χ4n) is 1.33. The van der Waals surface area contributed by atoms with Crippen molar-refractivity contribution in [1.82, 2.24) is 10.3 Å². The maximum absolute atomic E-state index is 11.6. The summed E-state index contributed by atoms with van der Waals surface area (Å²) in [4.78, 5) is 15.6. The van der Waals surface area contributed by atoms with Crippen LogP contribution in [0.15, 0.2) is 18.5 Å². The van der Waals surface area contributed by atoms with E-state index in [0.717, 1.165) is 11.0 Å². The normalized spacial score (nSPS) is 14.7. The fraction of sp³-hybridized carbons (Fsp3) is 0.111. The Labute approximate surface area is 78.5 Å². The molecule has 1 aliphatic rings. The van der Waals surface area contributed by atoms with Gasteiger partial charge in [0.05, 0.1) is 17.5 Å². The first-order chi connectivity index (χ1) is 6.29. The van der Waals surface area contributed by atoms with E-state index in [0.29, 0.717) is 12.1 Å². The van der Waals surface area contributed by atoms with Crippen LogP contribution in [0.5, 0.6) is 0 Å². The lowest BCUT2D eigenvalue weighted by Crippen LogP contribution is -2.21. The van der Waals surface area contributed by atoms with Gasteiger partial charge in [0.15, 0.2) is 5.78 Å². The van der Waals surface area contributed by atoms with Gasteiger partial charge in [-0.15, -0.1) is 0 Å². The van der Waals surface area contributed by atoms with E-state index >= 15 is 0 Å². The largest absolute Gasteiger partial charge is 0.383 e. The molecule has 2 rings (SSSR count). The first-order valence-electron chi connectivity index (χ1n) is 3.96. The minimum atomic E-state index is 0.0816. The number of ketones is 1. The average molecular weight is 192 g/mol. The molecule has 1 atom stereocenters. The molecule has 13 heavy (non-hydrogen) atoms. The first-order valence-corrected chi connectivity index (χ1v) is 4.54. The van der Waals surface area contributed by atoms with Crippen molar-refractivity contribution in [3.8, 4) is 0 Å². The number of carbonyl (C=O) groups is 1. The minimum absolute atomic E-state index is 0.0816. The standard InChI is InChI=1S/C9H9N2OP/c12-7-5-10-3-1-6-2-4-11-9(13)8(6)7/h1-4,10H,5,13H2. The molecule has 1 unspecified atom stereocenters. The van der Waals surface area contributed by atoms with Gasteiger partial charge in [-0.2, -0.15) is 0 Å². The summed E-state index contributed by atoms with van der Waals surface area (Å²) in [6.07, 6.45) is 5.37. The van der Waals surface area contributed by atoms with E-state index in [4.69, 9.17) is 0 Å². The van der Waals surface area contributed by atoms with Crippen LogP contribution < -0.4 is 10.8 Å². The summed E-state index contributed by atoms with van der Waals surface area (Å²) in [6, 6.07) is 1.84. The van der Waals surface area contributed by atoms with Crippen molar-refractivity contribution in [1.29, 1.82) is 0 Å². The van der Waals surface area contributed by atoms with E-state index in [-0.39, 0.29) is 5.78 Å². The summed E-state index contributed by atoms with van der Waals surface area (Å²) < 4.78 is 0. The van der Waals surface area contributed by atoms with Gasteiger partial charge in [-0.3, -0.25) is 9.78 Å². The number of carbonyl (C=O) groups excluding carboxylic acids is 1. The zero-order chi connectivity index (χ0) is 9.26. The molecule has 1 aromatic heterocycles. The van der Waals surface area contributed by atoms with Crippen LogP contribution in [0.25, 0.3) is 6.08 Å². The zero-order valence-corrected chi connectivity index (χ0v) is 8.10. The van der Waals surface area contributed by atoms with Crippen LogP contribution in [-0.4, -0.2) is 17.3 Å². The van der Waals surface area contributed by atoms with Crippen molar-refractivity contribution in [2.75, 3.05) is 6.54 Å². The minimum Gasteiger partial charge on any atom is -0.383 e. The highest BCUT2D eigenvalue weighted by Gasteiger charge is 2.14. The Morgan fingerprint density at radius 1 is 1.54 bits per heavy atom. The Kier molecular flexibility index (Phi) is 2.11. The summed E-state index contributed by atoms with van der Waals surface area (Å²) in [7, 11) is 2.48. The van der Waals surface area contributed by atoms with Crippen LogP contribution >= 0.6 is 9.24 Å².